The van der Waals surface area contributed by atoms with Crippen LogP contribution in [-0.2, 0) is 0 Å². The molecule has 0 aliphatic heterocycles. The van der Waals surface area contributed by atoms with Crippen LogP contribution in [0.2, 0.25) is 0 Å². The zero-order valence-corrected chi connectivity index (χ0v) is 10.8. The van der Waals surface area contributed by atoms with E-state index in [0.29, 0.717) is 5.41 Å². The van der Waals surface area contributed by atoms with Crippen molar-refractivity contribution in [2.45, 2.75) is 52.6 Å². The third-order valence-corrected chi connectivity index (χ3v) is 2.92. The van der Waals surface area contributed by atoms with E-state index in [1.165, 1.54) is 12.8 Å². The second-order valence-corrected chi connectivity index (χ2v) is 4.87. The summed E-state index contributed by atoms with van der Waals surface area (Å²) >= 11 is 0. The predicted octanol–water partition coefficient (Wildman–Crippen LogP) is 2.20. The number of aliphatic hydroxyl groups excluding tert-OH is 1. The van der Waals surface area contributed by atoms with Crippen molar-refractivity contribution in [3.05, 3.63) is 0 Å². The van der Waals surface area contributed by atoms with Crippen molar-refractivity contribution in [1.29, 1.82) is 0 Å². The van der Waals surface area contributed by atoms with Gasteiger partial charge in [0.25, 0.3) is 0 Å². The fourth-order valence-electron chi connectivity index (χ4n) is 1.94. The maximum Gasteiger partial charge on any atom is 2.00 e. The zero-order chi connectivity index (χ0) is 8.48. The molecule has 0 bridgehead atoms. The first-order valence-electron chi connectivity index (χ1n) is 4.68. The molecule has 1 aliphatic carbocycles. The van der Waals surface area contributed by atoms with Crippen LogP contribution in [0.3, 0.4) is 0 Å². The van der Waals surface area contributed by atoms with Crippen molar-refractivity contribution >= 4 is 37.7 Å². The Bertz CT molecular complexity index is 120. The smallest absolute Gasteiger partial charge is 0.393 e. The molecule has 2 heteroatoms. The van der Waals surface area contributed by atoms with Crippen molar-refractivity contribution in [3.8, 4) is 0 Å². The van der Waals surface area contributed by atoms with E-state index in [9.17, 15) is 5.11 Å². The summed E-state index contributed by atoms with van der Waals surface area (Å²) in [4.78, 5) is 0. The van der Waals surface area contributed by atoms with Gasteiger partial charge in [0, 0.05) is 0 Å². The van der Waals surface area contributed by atoms with Crippen molar-refractivity contribution in [3.63, 3.8) is 0 Å². The Morgan fingerprint density at radius 1 is 1.00 bits per heavy atom. The third-order valence-electron chi connectivity index (χ3n) is 2.92. The molecule has 0 unspecified atom stereocenters. The van der Waals surface area contributed by atoms with Crippen LogP contribution in [0.25, 0.3) is 0 Å². The molecule has 0 aromatic rings. The summed E-state index contributed by atoms with van der Waals surface area (Å²) in [6, 6.07) is 0. The average Bonchev–Trinajstić information content (AvgIpc) is 1.86. The van der Waals surface area contributed by atoms with Gasteiger partial charge in [-0.05, 0) is 37.0 Å². The molecule has 1 saturated carbocycles. The van der Waals surface area contributed by atoms with Gasteiger partial charge in [-0.3, -0.25) is 0 Å². The van der Waals surface area contributed by atoms with Crippen LogP contribution >= 0.6 is 0 Å². The topological polar surface area (TPSA) is 20.2 Å². The molecule has 0 amide bonds. The van der Waals surface area contributed by atoms with E-state index in [2.05, 4.69) is 20.8 Å². The summed E-state index contributed by atoms with van der Waals surface area (Å²) in [6.07, 6.45) is 4.45. The Labute approximate surface area is 106 Å². The van der Waals surface area contributed by atoms with Gasteiger partial charge >= 0.3 is 37.7 Å². The minimum Gasteiger partial charge on any atom is -0.393 e. The van der Waals surface area contributed by atoms with Gasteiger partial charge in [-0.2, -0.15) is 0 Å². The van der Waals surface area contributed by atoms with Gasteiger partial charge in [0.15, 0.2) is 0 Å². The fourth-order valence-corrected chi connectivity index (χ4v) is 1.94. The molecule has 1 aliphatic rings. The summed E-state index contributed by atoms with van der Waals surface area (Å²) in [5.74, 6) is 0.825. The summed E-state index contributed by atoms with van der Waals surface area (Å²) in [5.41, 5.74) is 0.445. The van der Waals surface area contributed by atoms with E-state index in [-0.39, 0.29) is 43.8 Å². The Morgan fingerprint density at radius 3 is 1.75 bits per heavy atom. The number of hydrogen-bond donors (Lipinski definition) is 1. The largest absolute Gasteiger partial charge is 2.00 e. The van der Waals surface area contributed by atoms with Crippen LogP contribution < -0.4 is 0 Å². The predicted molar refractivity (Wildman–Crippen MR) is 53.2 cm³/mol. The number of aliphatic hydroxyl groups is 1. The van der Waals surface area contributed by atoms with Crippen molar-refractivity contribution < 1.29 is 5.11 Å². The van der Waals surface area contributed by atoms with E-state index in [1.807, 2.05) is 0 Å². The van der Waals surface area contributed by atoms with Gasteiger partial charge in [-0.15, -0.1) is 0 Å². The molecule has 1 rings (SSSR count). The summed E-state index contributed by atoms with van der Waals surface area (Å²) < 4.78 is 0. The minimum absolute atomic E-state index is 0. The summed E-state index contributed by atoms with van der Waals surface area (Å²) in [6.45, 7) is 6.90. The molecule has 0 atom stereocenters. The molecule has 1 N–H and O–H groups in total. The van der Waals surface area contributed by atoms with Gasteiger partial charge in [-0.1, -0.05) is 20.8 Å². The van der Waals surface area contributed by atoms with Crippen LogP contribution in [0, 0.1) is 11.3 Å². The summed E-state index contributed by atoms with van der Waals surface area (Å²) in [7, 11) is 0. The molecule has 0 aromatic heterocycles. The van der Waals surface area contributed by atoms with Gasteiger partial charge in [-0.25, -0.2) is 0 Å². The first-order chi connectivity index (χ1) is 5.00. The Balaban J connectivity index is 0.00000121. The molecule has 0 heterocycles. The SMILES string of the molecule is CC(C)(C)C1CCC(O)CC1.[Ca+2]. The maximum absolute atomic E-state index is 9.29. The second kappa shape index (κ2) is 5.19. The fraction of sp³-hybridized carbons (Fsp3) is 1.00. The third kappa shape index (κ3) is 3.95. The monoisotopic (exact) mass is 196 g/mol. The molecule has 1 fully saturated rings. The minimum atomic E-state index is -0.00593. The average molecular weight is 196 g/mol. The van der Waals surface area contributed by atoms with Gasteiger partial charge in [0.05, 0.1) is 6.10 Å². The van der Waals surface area contributed by atoms with E-state index in [1.54, 1.807) is 0 Å². The van der Waals surface area contributed by atoms with Crippen LogP contribution in [0.15, 0.2) is 0 Å². The van der Waals surface area contributed by atoms with E-state index in [4.69, 9.17) is 0 Å². The van der Waals surface area contributed by atoms with Crippen LogP contribution in [0.5, 0.6) is 0 Å². The molecule has 0 aromatic carbocycles. The first-order valence-corrected chi connectivity index (χ1v) is 4.68. The standard InChI is InChI=1S/C10H20O.Ca/c1-10(2,3)8-4-6-9(11)7-5-8;/h8-9,11H,4-7H2,1-3H3;/q;+2. The number of hydrogen-bond acceptors (Lipinski definition) is 1. The molecule has 66 valence electrons. The molecule has 0 spiro atoms. The Morgan fingerprint density at radius 2 is 1.42 bits per heavy atom. The quantitative estimate of drug-likeness (QED) is 0.589. The molecule has 0 saturated heterocycles. The van der Waals surface area contributed by atoms with Gasteiger partial charge in [0.1, 0.15) is 0 Å². The second-order valence-electron chi connectivity index (χ2n) is 4.87. The van der Waals surface area contributed by atoms with Crippen molar-refractivity contribution in [2.75, 3.05) is 0 Å². The van der Waals surface area contributed by atoms with Crippen LogP contribution in [-0.4, -0.2) is 48.9 Å². The van der Waals surface area contributed by atoms with E-state index < -0.39 is 0 Å². The van der Waals surface area contributed by atoms with Gasteiger partial charge < -0.3 is 5.11 Å². The maximum atomic E-state index is 9.29. The zero-order valence-electron chi connectivity index (χ0n) is 8.64. The van der Waals surface area contributed by atoms with Crippen LogP contribution in [0.1, 0.15) is 46.5 Å². The molecular weight excluding hydrogens is 176 g/mol. The molecule has 12 heavy (non-hydrogen) atoms. The Hall–Kier alpha value is 1.22. The number of rotatable bonds is 0. The van der Waals surface area contributed by atoms with Crippen molar-refractivity contribution in [1.82, 2.24) is 0 Å². The normalized spacial score (nSPS) is 31.0. The molecular formula is C10H20CaO+2. The van der Waals surface area contributed by atoms with E-state index in [0.717, 1.165) is 18.8 Å². The molecule has 1 nitrogen and oxygen atoms in total. The van der Waals surface area contributed by atoms with Gasteiger partial charge in [0.2, 0.25) is 0 Å². The van der Waals surface area contributed by atoms with Crippen LogP contribution in [0.4, 0.5) is 0 Å². The summed E-state index contributed by atoms with van der Waals surface area (Å²) in [5, 5.41) is 9.29. The Kier molecular flexibility index (Phi) is 5.71. The van der Waals surface area contributed by atoms with Crippen molar-refractivity contribution in [2.24, 2.45) is 11.3 Å². The first kappa shape index (κ1) is 13.2. The molecule has 0 radical (unpaired) electrons. The van der Waals surface area contributed by atoms with E-state index >= 15 is 0 Å².